The van der Waals surface area contributed by atoms with Crippen LogP contribution in [-0.2, 0) is 0 Å². The number of hydrogen-bond acceptors (Lipinski definition) is 4. The van der Waals surface area contributed by atoms with E-state index in [2.05, 4.69) is 11.4 Å². The van der Waals surface area contributed by atoms with E-state index in [0.29, 0.717) is 6.61 Å². The largest absolute Gasteiger partial charge is 0.508 e. The van der Waals surface area contributed by atoms with Gasteiger partial charge in [-0.05, 0) is 31.2 Å². The van der Waals surface area contributed by atoms with E-state index in [0.717, 1.165) is 22.6 Å². The third kappa shape index (κ3) is 2.67. The predicted octanol–water partition coefficient (Wildman–Crippen LogP) is 3.19. The van der Waals surface area contributed by atoms with Crippen molar-refractivity contribution in [3.63, 3.8) is 0 Å². The van der Waals surface area contributed by atoms with Gasteiger partial charge < -0.3 is 19.9 Å². The van der Waals surface area contributed by atoms with Gasteiger partial charge in [-0.25, -0.2) is 0 Å². The Morgan fingerprint density at radius 2 is 2.10 bits per heavy atom. The molecule has 1 aliphatic heterocycles. The van der Waals surface area contributed by atoms with Gasteiger partial charge in [-0.3, -0.25) is 0 Å². The molecule has 0 bridgehead atoms. The summed E-state index contributed by atoms with van der Waals surface area (Å²) in [7, 11) is 1.62. The maximum atomic E-state index is 10.0. The molecule has 0 saturated heterocycles. The Balaban J connectivity index is 1.80. The van der Waals surface area contributed by atoms with E-state index in [4.69, 9.17) is 9.47 Å². The lowest BCUT2D eigenvalue weighted by Gasteiger charge is -2.20. The van der Waals surface area contributed by atoms with Gasteiger partial charge in [-0.15, -0.1) is 0 Å². The van der Waals surface area contributed by atoms with Gasteiger partial charge in [0, 0.05) is 17.2 Å². The first-order chi connectivity index (χ1) is 10.2. The van der Waals surface area contributed by atoms with Gasteiger partial charge >= 0.3 is 0 Å². The van der Waals surface area contributed by atoms with Crippen molar-refractivity contribution in [2.45, 2.75) is 19.0 Å². The van der Waals surface area contributed by atoms with Gasteiger partial charge in [0.15, 0.2) is 0 Å². The average molecular weight is 285 g/mol. The zero-order valence-corrected chi connectivity index (χ0v) is 12.2. The Bertz CT molecular complexity index is 642. The number of aromatic hydroxyl groups is 1. The quantitative estimate of drug-likeness (QED) is 0.906. The molecule has 1 aliphatic rings. The van der Waals surface area contributed by atoms with Crippen LogP contribution in [0, 0.1) is 0 Å². The van der Waals surface area contributed by atoms with Gasteiger partial charge in [0.05, 0.1) is 13.2 Å². The Morgan fingerprint density at radius 3 is 2.90 bits per heavy atom. The molecule has 2 atom stereocenters. The number of para-hydroxylation sites is 1. The van der Waals surface area contributed by atoms with Crippen molar-refractivity contribution in [2.24, 2.45) is 0 Å². The molecule has 0 radical (unpaired) electrons. The minimum atomic E-state index is -0.0140. The maximum Gasteiger partial charge on any atom is 0.124 e. The number of fused-ring (bicyclic) bond motifs is 1. The molecule has 2 unspecified atom stereocenters. The molecule has 21 heavy (non-hydrogen) atoms. The van der Waals surface area contributed by atoms with Crippen LogP contribution in [0.2, 0.25) is 0 Å². The second kappa shape index (κ2) is 5.66. The minimum absolute atomic E-state index is 0.0140. The number of rotatable bonds is 4. The first kappa shape index (κ1) is 13.8. The summed E-state index contributed by atoms with van der Waals surface area (Å²) in [6, 6.07) is 13.4. The molecule has 4 heteroatoms. The molecule has 3 rings (SSSR count). The second-order valence-electron chi connectivity index (χ2n) is 5.21. The summed E-state index contributed by atoms with van der Waals surface area (Å²) < 4.78 is 10.9. The second-order valence-corrected chi connectivity index (χ2v) is 5.21. The van der Waals surface area contributed by atoms with E-state index in [1.165, 1.54) is 0 Å². The lowest BCUT2D eigenvalue weighted by Crippen LogP contribution is -2.25. The van der Waals surface area contributed by atoms with Crippen LogP contribution in [0.4, 0.5) is 0 Å². The van der Waals surface area contributed by atoms with Crippen LogP contribution in [0.15, 0.2) is 42.5 Å². The number of methoxy groups -OCH3 is 1. The van der Waals surface area contributed by atoms with Gasteiger partial charge in [0.2, 0.25) is 0 Å². The Hall–Kier alpha value is -2.20. The van der Waals surface area contributed by atoms with E-state index >= 15 is 0 Å². The van der Waals surface area contributed by atoms with Crippen LogP contribution < -0.4 is 14.8 Å². The SMILES string of the molecule is COc1ccc(O)c(C(C)NC2COc3ccccc32)c1. The van der Waals surface area contributed by atoms with Crippen molar-refractivity contribution in [1.29, 1.82) is 0 Å². The standard InChI is InChI=1S/C17H19NO3/c1-11(14-9-12(20-2)7-8-16(14)19)18-15-10-21-17-6-4-3-5-13(15)17/h3-9,11,15,18-19H,10H2,1-2H3. The zero-order valence-electron chi connectivity index (χ0n) is 12.2. The lowest BCUT2D eigenvalue weighted by atomic mass is 10.0. The molecule has 0 spiro atoms. The van der Waals surface area contributed by atoms with E-state index in [-0.39, 0.29) is 17.8 Å². The molecule has 1 heterocycles. The highest BCUT2D eigenvalue weighted by molar-refractivity contribution is 5.42. The predicted molar refractivity (Wildman–Crippen MR) is 80.9 cm³/mol. The van der Waals surface area contributed by atoms with Crippen LogP contribution >= 0.6 is 0 Å². The molecule has 0 aromatic heterocycles. The van der Waals surface area contributed by atoms with Crippen molar-refractivity contribution in [3.05, 3.63) is 53.6 Å². The van der Waals surface area contributed by atoms with Crippen LogP contribution in [0.5, 0.6) is 17.2 Å². The van der Waals surface area contributed by atoms with Crippen molar-refractivity contribution < 1.29 is 14.6 Å². The molecule has 2 aromatic rings. The smallest absolute Gasteiger partial charge is 0.124 e. The van der Waals surface area contributed by atoms with Crippen molar-refractivity contribution in [3.8, 4) is 17.2 Å². The number of benzene rings is 2. The fourth-order valence-corrected chi connectivity index (χ4v) is 2.70. The number of phenolic OH excluding ortho intramolecular Hbond substituents is 1. The van der Waals surface area contributed by atoms with Gasteiger partial charge in [0.1, 0.15) is 23.9 Å². The van der Waals surface area contributed by atoms with Crippen LogP contribution in [0.1, 0.15) is 30.1 Å². The minimum Gasteiger partial charge on any atom is -0.508 e. The molecular weight excluding hydrogens is 266 g/mol. The molecular formula is C17H19NO3. The summed E-state index contributed by atoms with van der Waals surface area (Å²) in [5.41, 5.74) is 1.98. The van der Waals surface area contributed by atoms with E-state index in [1.807, 2.05) is 31.2 Å². The van der Waals surface area contributed by atoms with Gasteiger partial charge in [0.25, 0.3) is 0 Å². The Kier molecular flexibility index (Phi) is 3.71. The fraction of sp³-hybridized carbons (Fsp3) is 0.294. The lowest BCUT2D eigenvalue weighted by molar-refractivity contribution is 0.299. The van der Waals surface area contributed by atoms with Gasteiger partial charge in [-0.2, -0.15) is 0 Å². The highest BCUT2D eigenvalue weighted by Gasteiger charge is 2.25. The molecule has 0 amide bonds. The summed E-state index contributed by atoms with van der Waals surface area (Å²) >= 11 is 0. The van der Waals surface area contributed by atoms with Gasteiger partial charge in [-0.1, -0.05) is 18.2 Å². The molecule has 0 fully saturated rings. The summed E-state index contributed by atoms with van der Waals surface area (Å²) in [5.74, 6) is 1.93. The number of phenols is 1. The molecule has 0 aliphatic carbocycles. The van der Waals surface area contributed by atoms with E-state index in [9.17, 15) is 5.11 Å². The normalized spacial score (nSPS) is 17.9. The van der Waals surface area contributed by atoms with Crippen molar-refractivity contribution in [1.82, 2.24) is 5.32 Å². The zero-order chi connectivity index (χ0) is 14.8. The molecule has 0 saturated carbocycles. The van der Waals surface area contributed by atoms with E-state index in [1.54, 1.807) is 19.2 Å². The highest BCUT2D eigenvalue weighted by atomic mass is 16.5. The molecule has 2 aromatic carbocycles. The maximum absolute atomic E-state index is 10.0. The first-order valence-electron chi connectivity index (χ1n) is 7.03. The highest BCUT2D eigenvalue weighted by Crippen LogP contribution is 2.35. The summed E-state index contributed by atoms with van der Waals surface area (Å²) in [6.07, 6.45) is 0. The Morgan fingerprint density at radius 1 is 1.29 bits per heavy atom. The summed E-state index contributed by atoms with van der Waals surface area (Å²) in [5, 5.41) is 13.5. The molecule has 110 valence electrons. The van der Waals surface area contributed by atoms with Crippen LogP contribution in [-0.4, -0.2) is 18.8 Å². The van der Waals surface area contributed by atoms with Crippen LogP contribution in [0.3, 0.4) is 0 Å². The third-order valence-electron chi connectivity index (χ3n) is 3.85. The van der Waals surface area contributed by atoms with Crippen LogP contribution in [0.25, 0.3) is 0 Å². The fourth-order valence-electron chi connectivity index (χ4n) is 2.70. The Labute approximate surface area is 124 Å². The number of hydrogen-bond donors (Lipinski definition) is 2. The van der Waals surface area contributed by atoms with Crippen molar-refractivity contribution >= 4 is 0 Å². The average Bonchev–Trinajstić information content (AvgIpc) is 2.91. The molecule has 2 N–H and O–H groups in total. The monoisotopic (exact) mass is 285 g/mol. The summed E-state index contributed by atoms with van der Waals surface area (Å²) in [6.45, 7) is 2.63. The summed E-state index contributed by atoms with van der Waals surface area (Å²) in [4.78, 5) is 0. The topological polar surface area (TPSA) is 50.7 Å². The first-order valence-corrected chi connectivity index (χ1v) is 7.03. The van der Waals surface area contributed by atoms with E-state index < -0.39 is 0 Å². The third-order valence-corrected chi connectivity index (χ3v) is 3.85. The number of ether oxygens (including phenoxy) is 2. The van der Waals surface area contributed by atoms with Crippen molar-refractivity contribution in [2.75, 3.05) is 13.7 Å². The number of nitrogens with one attached hydrogen (secondary N) is 1. The molecule has 4 nitrogen and oxygen atoms in total.